The first kappa shape index (κ1) is 14.2. The Morgan fingerprint density at radius 2 is 1.64 bits per heavy atom. The lowest BCUT2D eigenvalue weighted by Crippen LogP contribution is -2.39. The fourth-order valence-corrected chi connectivity index (χ4v) is 1.49. The molecule has 0 aromatic rings. The van der Waals surface area contributed by atoms with Gasteiger partial charge in [-0.05, 0) is 14.1 Å². The van der Waals surface area contributed by atoms with Crippen LogP contribution in [0.4, 0.5) is 13.2 Å². The molecule has 0 aromatic heterocycles. The Morgan fingerprint density at radius 1 is 1.07 bits per heavy atom. The van der Waals surface area contributed by atoms with Crippen LogP contribution in [0.2, 0.25) is 0 Å². The summed E-state index contributed by atoms with van der Waals surface area (Å²) in [6, 6.07) is 0. The number of likely N-dealkylation sites (N-methyl/N-ethyl adjacent to an activating group) is 1. The lowest BCUT2D eigenvalue weighted by Gasteiger charge is -2.24. The van der Waals surface area contributed by atoms with Crippen LogP contribution in [0.3, 0.4) is 0 Å². The zero-order valence-electron chi connectivity index (χ0n) is 8.44. The molecule has 0 atom stereocenters. The second-order valence-electron chi connectivity index (χ2n) is 3.38. The summed E-state index contributed by atoms with van der Waals surface area (Å²) in [4.78, 5) is 3.27. The highest BCUT2D eigenvalue weighted by molar-refractivity contribution is 9.09. The molecule has 0 aliphatic heterocycles. The van der Waals surface area contributed by atoms with Crippen LogP contribution in [0.15, 0.2) is 0 Å². The van der Waals surface area contributed by atoms with Gasteiger partial charge in [-0.1, -0.05) is 15.9 Å². The summed E-state index contributed by atoms with van der Waals surface area (Å²) in [6.07, 6.45) is -4.10. The normalized spacial score (nSPS) is 12.9. The number of hydrogen-bond acceptors (Lipinski definition) is 2. The highest BCUT2D eigenvalue weighted by Gasteiger charge is 2.30. The number of rotatable bonds is 6. The van der Waals surface area contributed by atoms with Crippen molar-refractivity contribution in [3.05, 3.63) is 0 Å². The lowest BCUT2D eigenvalue weighted by atomic mass is 10.4. The van der Waals surface area contributed by atoms with Gasteiger partial charge in [0.05, 0.1) is 6.54 Å². The van der Waals surface area contributed by atoms with Gasteiger partial charge in [-0.15, -0.1) is 0 Å². The molecule has 0 heterocycles. The van der Waals surface area contributed by atoms with Gasteiger partial charge in [0.2, 0.25) is 0 Å². The topological polar surface area (TPSA) is 6.48 Å². The van der Waals surface area contributed by atoms with Gasteiger partial charge in [-0.25, -0.2) is 0 Å². The summed E-state index contributed by atoms with van der Waals surface area (Å²) in [5, 5.41) is 0.566. The van der Waals surface area contributed by atoms with Crippen molar-refractivity contribution in [1.29, 1.82) is 0 Å². The largest absolute Gasteiger partial charge is 0.401 e. The zero-order valence-corrected chi connectivity index (χ0v) is 10.0. The third-order valence-electron chi connectivity index (χ3n) is 1.67. The minimum absolute atomic E-state index is 0.424. The Labute approximate surface area is 91.2 Å². The van der Waals surface area contributed by atoms with Gasteiger partial charge >= 0.3 is 6.18 Å². The van der Waals surface area contributed by atoms with Gasteiger partial charge in [-0.2, -0.15) is 13.2 Å². The third kappa shape index (κ3) is 8.77. The smallest absolute Gasteiger partial charge is 0.308 e. The van der Waals surface area contributed by atoms with Crippen molar-refractivity contribution < 1.29 is 13.2 Å². The molecule has 0 spiro atoms. The van der Waals surface area contributed by atoms with Crippen LogP contribution in [-0.4, -0.2) is 61.6 Å². The first-order valence-electron chi connectivity index (χ1n) is 4.35. The standard InChI is InChI=1S/C8H16BrF3N2/c1-13(2)5-6-14(4-3-9)7-8(10,11)12/h3-7H2,1-2H3. The minimum atomic E-state index is -4.10. The first-order valence-corrected chi connectivity index (χ1v) is 5.47. The maximum Gasteiger partial charge on any atom is 0.401 e. The Kier molecular flexibility index (Phi) is 6.72. The van der Waals surface area contributed by atoms with Crippen LogP contribution < -0.4 is 0 Å². The minimum Gasteiger partial charge on any atom is -0.308 e. The third-order valence-corrected chi connectivity index (χ3v) is 2.02. The fourth-order valence-electron chi connectivity index (χ4n) is 0.984. The SMILES string of the molecule is CN(C)CCN(CCBr)CC(F)(F)F. The molecule has 0 fully saturated rings. The molecule has 0 amide bonds. The summed E-state index contributed by atoms with van der Waals surface area (Å²) >= 11 is 3.14. The van der Waals surface area contributed by atoms with Crippen molar-refractivity contribution in [2.24, 2.45) is 0 Å². The highest BCUT2D eigenvalue weighted by Crippen LogP contribution is 2.16. The van der Waals surface area contributed by atoms with E-state index in [1.54, 1.807) is 0 Å². The monoisotopic (exact) mass is 276 g/mol. The van der Waals surface area contributed by atoms with Crippen molar-refractivity contribution >= 4 is 15.9 Å². The Morgan fingerprint density at radius 3 is 2.00 bits per heavy atom. The van der Waals surface area contributed by atoms with Gasteiger partial charge in [0, 0.05) is 25.0 Å². The Hall–Kier alpha value is 0.190. The average Bonchev–Trinajstić information content (AvgIpc) is 1.98. The van der Waals surface area contributed by atoms with Crippen LogP contribution >= 0.6 is 15.9 Å². The molecule has 86 valence electrons. The zero-order chi connectivity index (χ0) is 11.2. The molecule has 2 nitrogen and oxygen atoms in total. The molecule has 0 aromatic carbocycles. The van der Waals surface area contributed by atoms with E-state index in [0.29, 0.717) is 25.0 Å². The summed E-state index contributed by atoms with van der Waals surface area (Å²) in [7, 11) is 3.69. The average molecular weight is 277 g/mol. The maximum absolute atomic E-state index is 12.1. The van der Waals surface area contributed by atoms with Crippen molar-refractivity contribution in [3.8, 4) is 0 Å². The maximum atomic E-state index is 12.1. The molecule has 0 radical (unpaired) electrons. The quantitative estimate of drug-likeness (QED) is 0.683. The predicted octanol–water partition coefficient (Wildman–Crippen LogP) is 1.81. The number of halogens is 4. The number of hydrogen-bond donors (Lipinski definition) is 0. The van der Waals surface area contributed by atoms with E-state index in [1.165, 1.54) is 4.90 Å². The summed E-state index contributed by atoms with van der Waals surface area (Å²) in [6.45, 7) is 0.682. The second-order valence-corrected chi connectivity index (χ2v) is 4.18. The van der Waals surface area contributed by atoms with Crippen LogP contribution in [0.5, 0.6) is 0 Å². The van der Waals surface area contributed by atoms with Crippen molar-refractivity contribution in [2.75, 3.05) is 45.6 Å². The van der Waals surface area contributed by atoms with Gasteiger partial charge < -0.3 is 4.90 Å². The highest BCUT2D eigenvalue weighted by atomic mass is 79.9. The molecular weight excluding hydrogens is 261 g/mol. The summed E-state index contributed by atoms with van der Waals surface area (Å²) < 4.78 is 36.2. The molecule has 6 heteroatoms. The molecule has 0 saturated carbocycles. The van der Waals surface area contributed by atoms with E-state index in [9.17, 15) is 13.2 Å². The second kappa shape index (κ2) is 6.63. The lowest BCUT2D eigenvalue weighted by molar-refractivity contribution is -0.145. The van der Waals surface area contributed by atoms with Crippen molar-refractivity contribution in [1.82, 2.24) is 9.80 Å². The Balaban J connectivity index is 3.89. The van der Waals surface area contributed by atoms with Crippen LogP contribution in [0.1, 0.15) is 0 Å². The first-order chi connectivity index (χ1) is 6.35. The van der Waals surface area contributed by atoms with Crippen LogP contribution in [-0.2, 0) is 0 Å². The van der Waals surface area contributed by atoms with E-state index in [-0.39, 0.29) is 0 Å². The summed E-state index contributed by atoms with van der Waals surface area (Å²) in [5.74, 6) is 0. The van der Waals surface area contributed by atoms with E-state index in [0.717, 1.165) is 0 Å². The van der Waals surface area contributed by atoms with E-state index < -0.39 is 12.7 Å². The van der Waals surface area contributed by atoms with Gasteiger partial charge in [-0.3, -0.25) is 4.90 Å². The fraction of sp³-hybridized carbons (Fsp3) is 1.00. The molecule has 0 N–H and O–H groups in total. The molecule has 0 aliphatic rings. The predicted molar refractivity (Wildman–Crippen MR) is 54.8 cm³/mol. The van der Waals surface area contributed by atoms with E-state index >= 15 is 0 Å². The van der Waals surface area contributed by atoms with Crippen molar-refractivity contribution in [3.63, 3.8) is 0 Å². The van der Waals surface area contributed by atoms with Gasteiger partial charge in [0.25, 0.3) is 0 Å². The number of alkyl halides is 4. The number of nitrogens with zero attached hydrogens (tertiary/aromatic N) is 2. The van der Waals surface area contributed by atoms with Crippen molar-refractivity contribution in [2.45, 2.75) is 6.18 Å². The molecule has 0 unspecified atom stereocenters. The molecule has 0 bridgehead atoms. The molecule has 0 rings (SSSR count). The molecule has 14 heavy (non-hydrogen) atoms. The summed E-state index contributed by atoms with van der Waals surface area (Å²) in [5.41, 5.74) is 0. The van der Waals surface area contributed by atoms with Crippen LogP contribution in [0.25, 0.3) is 0 Å². The van der Waals surface area contributed by atoms with E-state index in [1.807, 2.05) is 19.0 Å². The van der Waals surface area contributed by atoms with E-state index in [2.05, 4.69) is 15.9 Å². The van der Waals surface area contributed by atoms with Gasteiger partial charge in [0.1, 0.15) is 0 Å². The Bertz CT molecular complexity index is 150. The van der Waals surface area contributed by atoms with Crippen LogP contribution in [0, 0.1) is 0 Å². The van der Waals surface area contributed by atoms with Gasteiger partial charge in [0.15, 0.2) is 0 Å². The molecule has 0 aliphatic carbocycles. The molecular formula is C8H16BrF3N2. The molecule has 0 saturated heterocycles. The van der Waals surface area contributed by atoms with E-state index in [4.69, 9.17) is 0 Å².